The third kappa shape index (κ3) is 7.68. The number of aryl methyl sites for hydroxylation is 1. The Kier molecular flexibility index (Phi) is 9.59. The van der Waals surface area contributed by atoms with Gasteiger partial charge in [-0.25, -0.2) is 9.97 Å². The molecule has 0 bridgehead atoms. The zero-order valence-corrected chi connectivity index (χ0v) is 23.8. The van der Waals surface area contributed by atoms with Gasteiger partial charge in [0.05, 0.1) is 7.11 Å². The molecule has 1 aliphatic rings. The van der Waals surface area contributed by atoms with Crippen LogP contribution in [0.2, 0.25) is 0 Å². The third-order valence-electron chi connectivity index (χ3n) is 6.32. The lowest BCUT2D eigenvalue weighted by Gasteiger charge is -2.36. The molecule has 1 fully saturated rings. The number of methoxy groups -OCH3 is 1. The van der Waals surface area contributed by atoms with E-state index in [2.05, 4.69) is 44.3 Å². The van der Waals surface area contributed by atoms with Crippen LogP contribution in [0.25, 0.3) is 0 Å². The van der Waals surface area contributed by atoms with E-state index in [0.29, 0.717) is 29.0 Å². The van der Waals surface area contributed by atoms with E-state index in [4.69, 9.17) is 14.7 Å². The second-order valence-corrected chi connectivity index (χ2v) is 10.9. The van der Waals surface area contributed by atoms with Crippen LogP contribution in [-0.4, -0.2) is 96.2 Å². The topological polar surface area (TPSA) is 103 Å². The summed E-state index contributed by atoms with van der Waals surface area (Å²) < 4.78 is 5.86. The Morgan fingerprint density at radius 1 is 1.16 bits per heavy atom. The number of aromatic amines is 1. The first kappa shape index (κ1) is 27.9. The van der Waals surface area contributed by atoms with Gasteiger partial charge in [-0.05, 0) is 76.9 Å². The molecule has 0 amide bonds. The number of rotatable bonds is 12. The van der Waals surface area contributed by atoms with Crippen molar-refractivity contribution in [1.82, 2.24) is 30.0 Å². The standard InChI is InChI=1S/C27H38N8O2S/c1-19-17-23(32-31-19)28-25-24(37-5)26(35-15-13-34(14-16-35)12-6-11-33(3)4)30-27(29-25)38-22-9-7-21(8-10-22)18-20(2)36/h7-10,17H,6,11-16,18H2,1-5H3,(H2,28,29,30,31,32). The van der Waals surface area contributed by atoms with Gasteiger partial charge in [0.15, 0.2) is 22.6 Å². The van der Waals surface area contributed by atoms with Crippen LogP contribution < -0.4 is 15.0 Å². The van der Waals surface area contributed by atoms with Crippen molar-refractivity contribution in [2.45, 2.75) is 36.7 Å². The highest BCUT2D eigenvalue weighted by Gasteiger charge is 2.25. The number of piperazine rings is 1. The highest BCUT2D eigenvalue weighted by molar-refractivity contribution is 7.99. The van der Waals surface area contributed by atoms with Gasteiger partial charge < -0.3 is 19.9 Å². The van der Waals surface area contributed by atoms with Crippen molar-refractivity contribution >= 4 is 35.0 Å². The van der Waals surface area contributed by atoms with Crippen LogP contribution >= 0.6 is 11.8 Å². The van der Waals surface area contributed by atoms with E-state index < -0.39 is 0 Å². The Morgan fingerprint density at radius 3 is 2.50 bits per heavy atom. The summed E-state index contributed by atoms with van der Waals surface area (Å²) >= 11 is 1.48. The first-order chi connectivity index (χ1) is 18.3. The molecular weight excluding hydrogens is 500 g/mol. The predicted octanol–water partition coefficient (Wildman–Crippen LogP) is 3.62. The maximum atomic E-state index is 11.5. The van der Waals surface area contributed by atoms with Crippen LogP contribution in [0, 0.1) is 6.92 Å². The van der Waals surface area contributed by atoms with Crippen LogP contribution in [0.1, 0.15) is 24.6 Å². The summed E-state index contributed by atoms with van der Waals surface area (Å²) in [5, 5.41) is 11.2. The van der Waals surface area contributed by atoms with Crippen molar-refractivity contribution in [2.75, 3.05) is 70.7 Å². The lowest BCUT2D eigenvalue weighted by atomic mass is 10.1. The Hall–Kier alpha value is -3.15. The molecule has 1 saturated heterocycles. The SMILES string of the molecule is COc1c(Nc2cc(C)[nH]n2)nc(Sc2ccc(CC(C)=O)cc2)nc1N1CCN(CCCN(C)C)CC1. The number of ether oxygens (including phenoxy) is 1. The van der Waals surface area contributed by atoms with Gasteiger partial charge >= 0.3 is 0 Å². The number of carbonyl (C=O) groups is 1. The van der Waals surface area contributed by atoms with Crippen LogP contribution in [-0.2, 0) is 11.2 Å². The van der Waals surface area contributed by atoms with Gasteiger partial charge in [-0.15, -0.1) is 0 Å². The molecule has 2 N–H and O–H groups in total. The summed E-state index contributed by atoms with van der Waals surface area (Å²) in [5.41, 5.74) is 1.95. The fourth-order valence-electron chi connectivity index (χ4n) is 4.42. The third-order valence-corrected chi connectivity index (χ3v) is 7.19. The van der Waals surface area contributed by atoms with Crippen molar-refractivity contribution in [2.24, 2.45) is 0 Å². The summed E-state index contributed by atoms with van der Waals surface area (Å²) in [6.45, 7) is 9.42. The molecule has 11 heteroatoms. The predicted molar refractivity (Wildman–Crippen MR) is 152 cm³/mol. The van der Waals surface area contributed by atoms with Gasteiger partial charge in [-0.3, -0.25) is 14.8 Å². The van der Waals surface area contributed by atoms with E-state index in [9.17, 15) is 4.79 Å². The fourth-order valence-corrected chi connectivity index (χ4v) is 5.17. The number of nitrogens with one attached hydrogen (secondary N) is 2. The highest BCUT2D eigenvalue weighted by Crippen LogP contribution is 2.38. The molecule has 0 unspecified atom stereocenters. The molecule has 0 aliphatic carbocycles. The minimum absolute atomic E-state index is 0.149. The molecule has 0 atom stereocenters. The van der Waals surface area contributed by atoms with E-state index in [0.717, 1.165) is 67.7 Å². The molecule has 2 aromatic heterocycles. The van der Waals surface area contributed by atoms with Crippen molar-refractivity contribution < 1.29 is 9.53 Å². The van der Waals surface area contributed by atoms with Crippen LogP contribution in [0.3, 0.4) is 0 Å². The van der Waals surface area contributed by atoms with E-state index in [1.165, 1.54) is 11.8 Å². The number of H-pyrrole nitrogens is 1. The Labute approximate surface area is 229 Å². The van der Waals surface area contributed by atoms with Gasteiger partial charge in [0.25, 0.3) is 0 Å². The molecule has 0 saturated carbocycles. The minimum atomic E-state index is 0.149. The largest absolute Gasteiger partial charge is 0.490 e. The minimum Gasteiger partial charge on any atom is -0.490 e. The molecule has 3 heterocycles. The van der Waals surface area contributed by atoms with Crippen molar-refractivity contribution in [1.29, 1.82) is 0 Å². The second kappa shape index (κ2) is 13.1. The highest BCUT2D eigenvalue weighted by atomic mass is 32.2. The molecule has 38 heavy (non-hydrogen) atoms. The smallest absolute Gasteiger partial charge is 0.204 e. The number of aromatic nitrogens is 4. The van der Waals surface area contributed by atoms with E-state index >= 15 is 0 Å². The molecule has 204 valence electrons. The average Bonchev–Trinajstić information content (AvgIpc) is 3.29. The first-order valence-electron chi connectivity index (χ1n) is 12.9. The monoisotopic (exact) mass is 538 g/mol. The van der Waals surface area contributed by atoms with Gasteiger partial charge in [0, 0.05) is 49.3 Å². The molecule has 4 rings (SSSR count). The van der Waals surface area contributed by atoms with Crippen LogP contribution in [0.5, 0.6) is 5.75 Å². The zero-order chi connectivity index (χ0) is 27.1. The molecular formula is C27H38N8O2S. The summed E-state index contributed by atoms with van der Waals surface area (Å²) in [6.07, 6.45) is 1.60. The number of anilines is 3. The van der Waals surface area contributed by atoms with Crippen molar-refractivity contribution in [3.05, 3.63) is 41.6 Å². The Morgan fingerprint density at radius 2 is 1.89 bits per heavy atom. The molecule has 10 nitrogen and oxygen atoms in total. The normalized spacial score (nSPS) is 14.2. The molecule has 1 aromatic carbocycles. The Bertz CT molecular complexity index is 1210. The van der Waals surface area contributed by atoms with Gasteiger partial charge in [-0.2, -0.15) is 5.10 Å². The molecule has 3 aromatic rings. The van der Waals surface area contributed by atoms with E-state index in [1.807, 2.05) is 37.3 Å². The van der Waals surface area contributed by atoms with E-state index in [1.54, 1.807) is 14.0 Å². The molecule has 0 radical (unpaired) electrons. The number of hydrogen-bond donors (Lipinski definition) is 2. The lowest BCUT2D eigenvalue weighted by molar-refractivity contribution is -0.116. The number of benzene rings is 1. The fraction of sp³-hybridized carbons (Fsp3) is 0.481. The maximum absolute atomic E-state index is 11.5. The van der Waals surface area contributed by atoms with Gasteiger partial charge in [0.1, 0.15) is 5.78 Å². The number of hydrogen-bond acceptors (Lipinski definition) is 10. The van der Waals surface area contributed by atoms with Gasteiger partial charge in [-0.1, -0.05) is 12.1 Å². The van der Waals surface area contributed by atoms with Crippen LogP contribution in [0.15, 0.2) is 40.4 Å². The van der Waals surface area contributed by atoms with E-state index in [-0.39, 0.29) is 5.78 Å². The number of nitrogens with zero attached hydrogens (tertiary/aromatic N) is 6. The zero-order valence-electron chi connectivity index (χ0n) is 23.0. The maximum Gasteiger partial charge on any atom is 0.204 e. The van der Waals surface area contributed by atoms with Crippen LogP contribution in [0.4, 0.5) is 17.5 Å². The number of ketones is 1. The summed E-state index contributed by atoms with van der Waals surface area (Å²) in [5.74, 6) is 2.78. The summed E-state index contributed by atoms with van der Waals surface area (Å²) in [6, 6.07) is 9.90. The van der Waals surface area contributed by atoms with Crippen molar-refractivity contribution in [3.63, 3.8) is 0 Å². The molecule has 0 spiro atoms. The second-order valence-electron chi connectivity index (χ2n) is 9.88. The number of carbonyl (C=O) groups excluding carboxylic acids is 1. The quantitative estimate of drug-likeness (QED) is 0.333. The summed E-state index contributed by atoms with van der Waals surface area (Å²) in [7, 11) is 5.89. The average molecular weight is 539 g/mol. The first-order valence-corrected chi connectivity index (χ1v) is 13.8. The summed E-state index contributed by atoms with van der Waals surface area (Å²) in [4.78, 5) is 29.3. The van der Waals surface area contributed by atoms with Gasteiger partial charge in [0.2, 0.25) is 5.75 Å². The number of Topliss-reactive ketones (excluding diaryl/α,β-unsaturated/α-hetero) is 1. The lowest BCUT2D eigenvalue weighted by Crippen LogP contribution is -2.47. The van der Waals surface area contributed by atoms with Crippen molar-refractivity contribution in [3.8, 4) is 5.75 Å². The Balaban J connectivity index is 1.57. The molecule has 1 aliphatic heterocycles.